The van der Waals surface area contributed by atoms with Crippen LogP contribution in [0.3, 0.4) is 0 Å². The summed E-state index contributed by atoms with van der Waals surface area (Å²) >= 11 is 0. The van der Waals surface area contributed by atoms with E-state index in [1.165, 1.54) is 5.56 Å². The van der Waals surface area contributed by atoms with Gasteiger partial charge in [-0.3, -0.25) is 0 Å². The van der Waals surface area contributed by atoms with Gasteiger partial charge in [-0.1, -0.05) is 32.0 Å². The molecule has 0 fully saturated rings. The first kappa shape index (κ1) is 23.6. The van der Waals surface area contributed by atoms with Crippen LogP contribution in [0.1, 0.15) is 44.6 Å². The molecule has 0 spiro atoms. The van der Waals surface area contributed by atoms with E-state index in [4.69, 9.17) is 13.9 Å². The Morgan fingerprint density at radius 3 is 2.50 bits per heavy atom. The Kier molecular flexibility index (Phi) is 8.13. The number of ether oxygens (including phenoxy) is 2. The highest BCUT2D eigenvalue weighted by molar-refractivity contribution is 5.72. The van der Waals surface area contributed by atoms with Gasteiger partial charge in [0.05, 0.1) is 20.3 Å². The molecule has 3 aromatic rings. The standard InChI is InChI=1S/C26H33N3O3/c1-19(2)26(18-27,25-29-21-10-5-6-11-22(21)32-25)14-8-16-28-15-7-9-20-12-13-23(30-3)24(17-20)31-4/h5-6,10-13,17,19,28H,7-9,14-16H2,1-4H3. The van der Waals surface area contributed by atoms with Crippen molar-refractivity contribution in [1.29, 1.82) is 5.26 Å². The number of rotatable bonds is 12. The predicted molar refractivity (Wildman–Crippen MR) is 126 cm³/mol. The molecule has 0 bridgehead atoms. The fraction of sp³-hybridized carbons (Fsp3) is 0.462. The van der Waals surface area contributed by atoms with Crippen molar-refractivity contribution in [3.8, 4) is 17.6 Å². The fourth-order valence-electron chi connectivity index (χ4n) is 4.01. The lowest BCUT2D eigenvalue weighted by molar-refractivity contribution is 0.290. The highest BCUT2D eigenvalue weighted by Crippen LogP contribution is 2.37. The van der Waals surface area contributed by atoms with Gasteiger partial charge in [-0.05, 0) is 74.5 Å². The van der Waals surface area contributed by atoms with Crippen LogP contribution in [0.15, 0.2) is 46.9 Å². The van der Waals surface area contributed by atoms with Crippen molar-refractivity contribution in [1.82, 2.24) is 10.3 Å². The van der Waals surface area contributed by atoms with Gasteiger partial charge in [-0.25, -0.2) is 4.98 Å². The van der Waals surface area contributed by atoms with E-state index in [1.54, 1.807) is 14.2 Å². The second-order valence-corrected chi connectivity index (χ2v) is 8.37. The topological polar surface area (TPSA) is 80.3 Å². The summed E-state index contributed by atoms with van der Waals surface area (Å²) in [4.78, 5) is 4.64. The number of nitrogens with zero attached hydrogens (tertiary/aromatic N) is 2. The summed E-state index contributed by atoms with van der Waals surface area (Å²) in [5.74, 6) is 2.15. The van der Waals surface area contributed by atoms with Crippen molar-refractivity contribution in [3.63, 3.8) is 0 Å². The smallest absolute Gasteiger partial charge is 0.216 e. The average Bonchev–Trinajstić information content (AvgIpc) is 3.25. The minimum atomic E-state index is -0.722. The molecule has 0 amide bonds. The molecule has 1 unspecified atom stereocenters. The van der Waals surface area contributed by atoms with Gasteiger partial charge in [0.2, 0.25) is 5.89 Å². The highest BCUT2D eigenvalue weighted by Gasteiger charge is 2.40. The van der Waals surface area contributed by atoms with E-state index >= 15 is 0 Å². The van der Waals surface area contributed by atoms with E-state index in [1.807, 2.05) is 36.4 Å². The number of fused-ring (bicyclic) bond motifs is 1. The van der Waals surface area contributed by atoms with Crippen molar-refractivity contribution in [2.45, 2.75) is 44.9 Å². The van der Waals surface area contributed by atoms with Gasteiger partial charge in [0.1, 0.15) is 10.9 Å². The van der Waals surface area contributed by atoms with Gasteiger partial charge in [0, 0.05) is 0 Å². The van der Waals surface area contributed by atoms with Gasteiger partial charge >= 0.3 is 0 Å². The Morgan fingerprint density at radius 2 is 1.81 bits per heavy atom. The number of methoxy groups -OCH3 is 2. The van der Waals surface area contributed by atoms with Gasteiger partial charge in [-0.2, -0.15) is 5.26 Å². The number of nitriles is 1. The Balaban J connectivity index is 1.49. The number of benzene rings is 2. The van der Waals surface area contributed by atoms with E-state index in [-0.39, 0.29) is 5.92 Å². The minimum Gasteiger partial charge on any atom is -0.493 e. The van der Waals surface area contributed by atoms with Crippen LogP contribution in [-0.4, -0.2) is 32.3 Å². The van der Waals surface area contributed by atoms with Gasteiger partial charge in [0.25, 0.3) is 0 Å². The number of aryl methyl sites for hydroxylation is 1. The lowest BCUT2D eigenvalue weighted by atomic mass is 9.74. The third-order valence-corrected chi connectivity index (χ3v) is 6.05. The molecule has 0 saturated carbocycles. The summed E-state index contributed by atoms with van der Waals surface area (Å²) in [5.41, 5.74) is 2.04. The van der Waals surface area contributed by atoms with Crippen molar-refractivity contribution < 1.29 is 13.9 Å². The highest BCUT2D eigenvalue weighted by atomic mass is 16.5. The maximum Gasteiger partial charge on any atom is 0.216 e. The molecule has 0 radical (unpaired) electrons. The molecule has 170 valence electrons. The number of hydrogen-bond acceptors (Lipinski definition) is 6. The Morgan fingerprint density at radius 1 is 1.06 bits per heavy atom. The predicted octanol–water partition coefficient (Wildman–Crippen LogP) is 5.26. The van der Waals surface area contributed by atoms with Crippen LogP contribution in [0.2, 0.25) is 0 Å². The van der Waals surface area contributed by atoms with Crippen LogP contribution < -0.4 is 14.8 Å². The lowest BCUT2D eigenvalue weighted by Gasteiger charge is -2.27. The fourth-order valence-corrected chi connectivity index (χ4v) is 4.01. The second-order valence-electron chi connectivity index (χ2n) is 8.37. The summed E-state index contributed by atoms with van der Waals surface area (Å²) in [5, 5.41) is 13.6. The molecule has 0 aliphatic rings. The zero-order valence-electron chi connectivity index (χ0n) is 19.5. The molecule has 1 heterocycles. The van der Waals surface area contributed by atoms with Gasteiger partial charge in [-0.15, -0.1) is 0 Å². The molecular weight excluding hydrogens is 402 g/mol. The molecular formula is C26H33N3O3. The number of aromatic nitrogens is 1. The molecule has 32 heavy (non-hydrogen) atoms. The zero-order chi connectivity index (χ0) is 23.0. The maximum absolute atomic E-state index is 10.1. The van der Waals surface area contributed by atoms with Crippen LogP contribution in [-0.2, 0) is 11.8 Å². The summed E-state index contributed by atoms with van der Waals surface area (Å²) in [6.07, 6.45) is 3.57. The maximum atomic E-state index is 10.1. The van der Waals surface area contributed by atoms with E-state index in [0.29, 0.717) is 12.3 Å². The van der Waals surface area contributed by atoms with Gasteiger partial charge < -0.3 is 19.2 Å². The summed E-state index contributed by atoms with van der Waals surface area (Å²) in [6, 6.07) is 16.3. The Labute approximate surface area is 190 Å². The SMILES string of the molecule is COc1ccc(CCCNCCCC(C#N)(c2nc3ccccc3o2)C(C)C)cc1OC. The van der Waals surface area contributed by atoms with Crippen molar-refractivity contribution in [2.75, 3.05) is 27.3 Å². The normalized spacial score (nSPS) is 13.1. The zero-order valence-corrected chi connectivity index (χ0v) is 19.5. The molecule has 1 atom stereocenters. The van der Waals surface area contributed by atoms with Crippen LogP contribution >= 0.6 is 0 Å². The first-order valence-corrected chi connectivity index (χ1v) is 11.2. The van der Waals surface area contributed by atoms with Crippen LogP contribution in [0.4, 0.5) is 0 Å². The number of nitrogens with one attached hydrogen (secondary N) is 1. The molecule has 0 aliphatic heterocycles. The van der Waals surface area contributed by atoms with E-state index in [9.17, 15) is 5.26 Å². The molecule has 6 nitrogen and oxygen atoms in total. The van der Waals surface area contributed by atoms with Crippen LogP contribution in [0, 0.1) is 17.2 Å². The molecule has 1 aromatic heterocycles. The van der Waals surface area contributed by atoms with E-state index < -0.39 is 5.41 Å². The first-order valence-electron chi connectivity index (χ1n) is 11.2. The summed E-state index contributed by atoms with van der Waals surface area (Å²) in [7, 11) is 3.30. The quantitative estimate of drug-likeness (QED) is 0.391. The first-order chi connectivity index (χ1) is 15.5. The van der Waals surface area contributed by atoms with Crippen LogP contribution in [0.5, 0.6) is 11.5 Å². The third kappa shape index (κ3) is 5.23. The Hall–Kier alpha value is -3.04. The van der Waals surface area contributed by atoms with Crippen molar-refractivity contribution in [3.05, 3.63) is 53.9 Å². The van der Waals surface area contributed by atoms with Crippen molar-refractivity contribution in [2.24, 2.45) is 5.92 Å². The van der Waals surface area contributed by atoms with Crippen LogP contribution in [0.25, 0.3) is 11.1 Å². The van der Waals surface area contributed by atoms with Crippen molar-refractivity contribution >= 4 is 11.1 Å². The van der Waals surface area contributed by atoms with Gasteiger partial charge in [0.15, 0.2) is 17.1 Å². The molecule has 6 heteroatoms. The number of para-hydroxylation sites is 2. The molecule has 0 aliphatic carbocycles. The molecule has 1 N–H and O–H groups in total. The number of oxazole rings is 1. The molecule has 3 rings (SSSR count). The average molecular weight is 436 g/mol. The summed E-state index contributed by atoms with van der Waals surface area (Å²) < 4.78 is 16.7. The Bertz CT molecular complexity index is 1020. The lowest BCUT2D eigenvalue weighted by Crippen LogP contribution is -2.32. The van der Waals surface area contributed by atoms with E-state index in [2.05, 4.69) is 36.3 Å². The molecule has 0 saturated heterocycles. The monoisotopic (exact) mass is 435 g/mol. The second kappa shape index (κ2) is 11.0. The largest absolute Gasteiger partial charge is 0.493 e. The molecule has 2 aromatic carbocycles. The number of hydrogen-bond donors (Lipinski definition) is 1. The summed E-state index contributed by atoms with van der Waals surface area (Å²) in [6.45, 7) is 5.89. The third-order valence-electron chi connectivity index (χ3n) is 6.05. The minimum absolute atomic E-state index is 0.102. The van der Waals surface area contributed by atoms with E-state index in [0.717, 1.165) is 55.0 Å².